The zero-order chi connectivity index (χ0) is 14.8. The van der Waals surface area contributed by atoms with E-state index in [-0.39, 0.29) is 11.9 Å². The first-order valence-corrected chi connectivity index (χ1v) is 8.09. The number of ether oxygens (including phenoxy) is 2. The van der Waals surface area contributed by atoms with E-state index >= 15 is 0 Å². The zero-order valence-corrected chi connectivity index (χ0v) is 12.3. The summed E-state index contributed by atoms with van der Waals surface area (Å²) in [7, 11) is -1.85. The molecule has 0 N–H and O–H groups in total. The van der Waals surface area contributed by atoms with E-state index in [0.29, 0.717) is 29.9 Å². The van der Waals surface area contributed by atoms with E-state index < -0.39 is 15.1 Å². The summed E-state index contributed by atoms with van der Waals surface area (Å²) in [6.45, 7) is 2.25. The molecule has 1 fully saturated rings. The lowest BCUT2D eigenvalue weighted by Crippen LogP contribution is -2.29. The van der Waals surface area contributed by atoms with Crippen LogP contribution in [0.1, 0.15) is 24.5 Å². The highest BCUT2D eigenvalue weighted by Crippen LogP contribution is 2.28. The molecule has 1 aliphatic rings. The minimum absolute atomic E-state index is 0.135. The Balaban J connectivity index is 2.31. The van der Waals surface area contributed by atoms with Crippen LogP contribution in [0.5, 0.6) is 5.75 Å². The summed E-state index contributed by atoms with van der Waals surface area (Å²) in [5.41, 5.74) is 0.942. The van der Waals surface area contributed by atoms with Crippen LogP contribution in [0.3, 0.4) is 0 Å². The Hall–Kier alpha value is -1.58. The molecule has 108 valence electrons. The summed E-state index contributed by atoms with van der Waals surface area (Å²) in [6.07, 6.45) is 0.231. The lowest BCUT2D eigenvalue weighted by atomic mass is 10.1. The zero-order valence-electron chi connectivity index (χ0n) is 11.5. The van der Waals surface area contributed by atoms with E-state index in [4.69, 9.17) is 14.7 Å². The molecule has 0 aliphatic carbocycles. The molecule has 1 heterocycles. The van der Waals surface area contributed by atoms with Crippen LogP contribution in [0.4, 0.5) is 0 Å². The fourth-order valence-corrected chi connectivity index (χ4v) is 4.46. The first-order chi connectivity index (χ1) is 9.47. The number of nitriles is 1. The van der Waals surface area contributed by atoms with Crippen molar-refractivity contribution in [3.05, 3.63) is 29.3 Å². The summed E-state index contributed by atoms with van der Waals surface area (Å²) < 4.78 is 35.4. The van der Waals surface area contributed by atoms with Gasteiger partial charge in [0.1, 0.15) is 5.75 Å². The van der Waals surface area contributed by atoms with Crippen molar-refractivity contribution in [3.8, 4) is 11.8 Å². The number of sulfone groups is 1. The van der Waals surface area contributed by atoms with Crippen molar-refractivity contribution in [2.24, 2.45) is 0 Å². The van der Waals surface area contributed by atoms with Gasteiger partial charge in [-0.1, -0.05) is 0 Å². The minimum atomic E-state index is -3.33. The maximum atomic E-state index is 12.5. The van der Waals surface area contributed by atoms with Gasteiger partial charge in [0.15, 0.2) is 9.84 Å². The molecule has 1 aliphatic heterocycles. The molecule has 0 saturated carbocycles. The highest BCUT2D eigenvalue weighted by Gasteiger charge is 2.36. The summed E-state index contributed by atoms with van der Waals surface area (Å²) in [5.74, 6) is 0.350. The monoisotopic (exact) mass is 295 g/mol. The van der Waals surface area contributed by atoms with E-state index in [9.17, 15) is 8.42 Å². The molecule has 5 nitrogen and oxygen atoms in total. The van der Waals surface area contributed by atoms with Gasteiger partial charge in [0.05, 0.1) is 35.8 Å². The largest absolute Gasteiger partial charge is 0.496 e. The number of rotatable bonds is 4. The second-order valence-electron chi connectivity index (χ2n) is 4.85. The highest BCUT2D eigenvalue weighted by atomic mass is 32.2. The van der Waals surface area contributed by atoms with Crippen LogP contribution in [0.2, 0.25) is 0 Å². The van der Waals surface area contributed by atoms with Crippen molar-refractivity contribution in [2.75, 3.05) is 13.7 Å². The molecule has 2 atom stereocenters. The summed E-state index contributed by atoms with van der Waals surface area (Å²) in [4.78, 5) is 0. The van der Waals surface area contributed by atoms with Crippen molar-refractivity contribution < 1.29 is 17.9 Å². The van der Waals surface area contributed by atoms with Gasteiger partial charge < -0.3 is 9.47 Å². The molecular weight excluding hydrogens is 278 g/mol. The number of nitrogens with zero attached hydrogens (tertiary/aromatic N) is 1. The number of methoxy groups -OCH3 is 1. The number of hydrogen-bond donors (Lipinski definition) is 0. The van der Waals surface area contributed by atoms with E-state index in [1.807, 2.05) is 6.07 Å². The molecule has 0 amide bonds. The third kappa shape index (κ3) is 2.94. The average Bonchev–Trinajstić information content (AvgIpc) is 2.85. The molecule has 0 aromatic heterocycles. The van der Waals surface area contributed by atoms with Gasteiger partial charge in [0.2, 0.25) is 0 Å². The SMILES string of the molecule is COc1ccc(C#N)cc1CS(=O)(=O)C1CCOC1C. The molecule has 0 spiro atoms. The molecule has 6 heteroatoms. The highest BCUT2D eigenvalue weighted by molar-refractivity contribution is 7.91. The van der Waals surface area contributed by atoms with Crippen LogP contribution in [-0.2, 0) is 20.3 Å². The molecule has 0 radical (unpaired) electrons. The molecule has 0 bridgehead atoms. The number of hydrogen-bond acceptors (Lipinski definition) is 5. The lowest BCUT2D eigenvalue weighted by Gasteiger charge is -2.16. The van der Waals surface area contributed by atoms with Crippen LogP contribution in [-0.4, -0.2) is 33.5 Å². The van der Waals surface area contributed by atoms with Crippen LogP contribution >= 0.6 is 0 Å². The van der Waals surface area contributed by atoms with Crippen LogP contribution in [0.25, 0.3) is 0 Å². The van der Waals surface area contributed by atoms with Crippen molar-refractivity contribution in [3.63, 3.8) is 0 Å². The Kier molecular flexibility index (Phi) is 4.31. The Bertz CT molecular complexity index is 633. The van der Waals surface area contributed by atoms with Crippen LogP contribution in [0, 0.1) is 11.3 Å². The Labute approximate surface area is 119 Å². The third-order valence-electron chi connectivity index (χ3n) is 3.53. The van der Waals surface area contributed by atoms with Gasteiger partial charge >= 0.3 is 0 Å². The molecule has 20 heavy (non-hydrogen) atoms. The molecule has 1 saturated heterocycles. The third-order valence-corrected chi connectivity index (χ3v) is 5.79. The number of benzene rings is 1. The maximum Gasteiger partial charge on any atom is 0.160 e. The summed E-state index contributed by atoms with van der Waals surface area (Å²) in [6, 6.07) is 6.80. The average molecular weight is 295 g/mol. The van der Waals surface area contributed by atoms with E-state index in [0.717, 1.165) is 0 Å². The van der Waals surface area contributed by atoms with Crippen LogP contribution in [0.15, 0.2) is 18.2 Å². The van der Waals surface area contributed by atoms with Crippen molar-refractivity contribution in [1.29, 1.82) is 5.26 Å². The fraction of sp³-hybridized carbons (Fsp3) is 0.500. The summed E-state index contributed by atoms with van der Waals surface area (Å²) in [5, 5.41) is 8.43. The predicted octanol–water partition coefficient (Wildman–Crippen LogP) is 1.66. The van der Waals surface area contributed by atoms with Gasteiger partial charge in [0, 0.05) is 12.2 Å². The molecule has 2 rings (SSSR count). The fourth-order valence-electron chi connectivity index (χ4n) is 2.47. The molecule has 1 aromatic carbocycles. The van der Waals surface area contributed by atoms with Gasteiger partial charge in [-0.3, -0.25) is 0 Å². The van der Waals surface area contributed by atoms with Crippen molar-refractivity contribution in [2.45, 2.75) is 30.5 Å². The first-order valence-electron chi connectivity index (χ1n) is 6.38. The quantitative estimate of drug-likeness (QED) is 0.844. The normalized spacial score (nSPS) is 22.4. The first kappa shape index (κ1) is 14.8. The topological polar surface area (TPSA) is 76.4 Å². The van der Waals surface area contributed by atoms with Gasteiger partial charge in [0.25, 0.3) is 0 Å². The van der Waals surface area contributed by atoms with Gasteiger partial charge in [-0.2, -0.15) is 5.26 Å². The Morgan fingerprint density at radius 3 is 2.80 bits per heavy atom. The van der Waals surface area contributed by atoms with Crippen molar-refractivity contribution in [1.82, 2.24) is 0 Å². The van der Waals surface area contributed by atoms with E-state index in [1.165, 1.54) is 7.11 Å². The van der Waals surface area contributed by atoms with E-state index in [2.05, 4.69) is 0 Å². The summed E-state index contributed by atoms with van der Waals surface area (Å²) >= 11 is 0. The second-order valence-corrected chi connectivity index (χ2v) is 7.07. The van der Waals surface area contributed by atoms with Crippen LogP contribution < -0.4 is 4.74 Å². The molecular formula is C14H17NO4S. The van der Waals surface area contributed by atoms with Gasteiger partial charge in [-0.05, 0) is 31.5 Å². The predicted molar refractivity (Wildman–Crippen MR) is 74.2 cm³/mol. The van der Waals surface area contributed by atoms with Crippen molar-refractivity contribution >= 4 is 9.84 Å². The van der Waals surface area contributed by atoms with Gasteiger partial charge in [-0.15, -0.1) is 0 Å². The van der Waals surface area contributed by atoms with E-state index in [1.54, 1.807) is 25.1 Å². The Morgan fingerprint density at radius 2 is 2.25 bits per heavy atom. The smallest absolute Gasteiger partial charge is 0.160 e. The lowest BCUT2D eigenvalue weighted by molar-refractivity contribution is 0.126. The minimum Gasteiger partial charge on any atom is -0.496 e. The Morgan fingerprint density at radius 1 is 1.50 bits per heavy atom. The standard InChI is InChI=1S/C14H17NO4S/c1-10-14(5-6-19-10)20(16,17)9-12-7-11(8-15)3-4-13(12)18-2/h3-4,7,10,14H,5-6,9H2,1-2H3. The molecule has 1 aromatic rings. The van der Waals surface area contributed by atoms with Gasteiger partial charge in [-0.25, -0.2) is 8.42 Å². The second kappa shape index (κ2) is 5.81. The molecule has 2 unspecified atom stereocenters. The maximum absolute atomic E-state index is 12.5.